The summed E-state index contributed by atoms with van der Waals surface area (Å²) in [5, 5.41) is 10.9. The fourth-order valence-corrected chi connectivity index (χ4v) is 3.00. The van der Waals surface area contributed by atoms with E-state index in [1.165, 1.54) is 0 Å². The number of nitrogens with one attached hydrogen (secondary N) is 1. The molecular weight excluding hydrogens is 418 g/mol. The van der Waals surface area contributed by atoms with E-state index in [0.29, 0.717) is 29.5 Å². The Morgan fingerprint density at radius 1 is 1.06 bits per heavy atom. The van der Waals surface area contributed by atoms with Crippen molar-refractivity contribution in [2.24, 2.45) is 0 Å². The fraction of sp³-hybridized carbons (Fsp3) is 0.273. The molecule has 0 fully saturated rings. The normalized spacial score (nSPS) is 10.5. The summed E-state index contributed by atoms with van der Waals surface area (Å²) in [6.45, 7) is 2.58. The van der Waals surface area contributed by atoms with Crippen LogP contribution in [0.4, 0.5) is 5.69 Å². The summed E-state index contributed by atoms with van der Waals surface area (Å²) >= 11 is 1.13. The number of aromatic nitrogens is 2. The van der Waals surface area contributed by atoms with E-state index in [-0.39, 0.29) is 29.5 Å². The number of ether oxygens (including phenoxy) is 2. The van der Waals surface area contributed by atoms with Gasteiger partial charge in [-0.05, 0) is 42.8 Å². The van der Waals surface area contributed by atoms with Crippen LogP contribution in [0.1, 0.15) is 36.0 Å². The summed E-state index contributed by atoms with van der Waals surface area (Å²) in [6, 6.07) is 15.9. The Bertz CT molecular complexity index is 976. The average Bonchev–Trinajstić information content (AvgIpc) is 3.25. The van der Waals surface area contributed by atoms with Crippen molar-refractivity contribution in [3.8, 4) is 5.75 Å². The van der Waals surface area contributed by atoms with Crippen LogP contribution >= 0.6 is 11.8 Å². The topological polar surface area (TPSA) is 104 Å². The SMILES string of the molecule is CCCCOC(=O)c1ccc(NC(=O)CSc2nnc(COc3ccccc3)o2)cc1. The van der Waals surface area contributed by atoms with Crippen LogP contribution in [0.5, 0.6) is 5.75 Å². The Morgan fingerprint density at radius 3 is 2.58 bits per heavy atom. The molecule has 0 atom stereocenters. The largest absolute Gasteiger partial charge is 0.484 e. The lowest BCUT2D eigenvalue weighted by molar-refractivity contribution is -0.113. The number of carbonyl (C=O) groups excluding carboxylic acids is 2. The first-order valence-electron chi connectivity index (χ1n) is 9.84. The number of para-hydroxylation sites is 1. The Hall–Kier alpha value is -3.33. The molecule has 1 aromatic heterocycles. The van der Waals surface area contributed by atoms with Gasteiger partial charge in [0.15, 0.2) is 6.61 Å². The molecule has 0 radical (unpaired) electrons. The maximum Gasteiger partial charge on any atom is 0.338 e. The van der Waals surface area contributed by atoms with E-state index < -0.39 is 0 Å². The first kappa shape index (κ1) is 22.4. The molecule has 162 valence electrons. The molecule has 8 nitrogen and oxygen atoms in total. The number of benzene rings is 2. The molecular formula is C22H23N3O5S. The van der Waals surface area contributed by atoms with Crippen molar-refractivity contribution in [3.63, 3.8) is 0 Å². The van der Waals surface area contributed by atoms with Gasteiger partial charge >= 0.3 is 5.97 Å². The molecule has 0 aliphatic carbocycles. The van der Waals surface area contributed by atoms with Crippen LogP contribution in [0.15, 0.2) is 64.2 Å². The zero-order valence-corrected chi connectivity index (χ0v) is 17.9. The highest BCUT2D eigenvalue weighted by Crippen LogP contribution is 2.18. The van der Waals surface area contributed by atoms with Crippen molar-refractivity contribution in [1.29, 1.82) is 0 Å². The number of thioether (sulfide) groups is 1. The van der Waals surface area contributed by atoms with Crippen molar-refractivity contribution in [2.75, 3.05) is 17.7 Å². The molecule has 0 saturated heterocycles. The zero-order valence-electron chi connectivity index (χ0n) is 17.1. The standard InChI is InChI=1S/C22H23N3O5S/c1-2-3-13-28-21(27)16-9-11-17(12-10-16)23-19(26)15-31-22-25-24-20(30-22)14-29-18-7-5-4-6-8-18/h4-12H,2-3,13-15H2,1H3,(H,23,26). The number of anilines is 1. The fourth-order valence-electron chi connectivity index (χ4n) is 2.42. The van der Waals surface area contributed by atoms with Crippen molar-refractivity contribution < 1.29 is 23.5 Å². The minimum atomic E-state index is -0.370. The lowest BCUT2D eigenvalue weighted by Gasteiger charge is -2.06. The summed E-state index contributed by atoms with van der Waals surface area (Å²) in [5.41, 5.74) is 1.03. The molecule has 31 heavy (non-hydrogen) atoms. The van der Waals surface area contributed by atoms with Crippen molar-refractivity contribution in [2.45, 2.75) is 31.6 Å². The van der Waals surface area contributed by atoms with Crippen LogP contribution in [0.3, 0.4) is 0 Å². The first-order chi connectivity index (χ1) is 15.1. The summed E-state index contributed by atoms with van der Waals surface area (Å²) in [5.74, 6) is 0.527. The summed E-state index contributed by atoms with van der Waals surface area (Å²) in [7, 11) is 0. The van der Waals surface area contributed by atoms with E-state index in [1.807, 2.05) is 37.3 Å². The van der Waals surface area contributed by atoms with Crippen LogP contribution in [0, 0.1) is 0 Å². The van der Waals surface area contributed by atoms with Gasteiger partial charge in [0.05, 0.1) is 17.9 Å². The molecule has 1 N–H and O–H groups in total. The number of hydrogen-bond acceptors (Lipinski definition) is 8. The Kier molecular flexibility index (Phi) is 8.48. The van der Waals surface area contributed by atoms with Crippen molar-refractivity contribution >= 4 is 29.3 Å². The highest BCUT2D eigenvalue weighted by molar-refractivity contribution is 7.99. The second-order valence-corrected chi connectivity index (χ2v) is 7.39. The van der Waals surface area contributed by atoms with E-state index in [4.69, 9.17) is 13.9 Å². The number of nitrogens with zero attached hydrogens (tertiary/aromatic N) is 2. The van der Waals surface area contributed by atoms with Gasteiger partial charge in [-0.3, -0.25) is 4.79 Å². The quantitative estimate of drug-likeness (QED) is 0.266. The van der Waals surface area contributed by atoms with Gasteiger partial charge in [-0.1, -0.05) is 43.3 Å². The van der Waals surface area contributed by atoms with E-state index in [2.05, 4.69) is 15.5 Å². The van der Waals surface area contributed by atoms with Gasteiger partial charge in [0.2, 0.25) is 5.91 Å². The van der Waals surface area contributed by atoms with Crippen LogP contribution in [0.25, 0.3) is 0 Å². The summed E-state index contributed by atoms with van der Waals surface area (Å²) < 4.78 is 16.2. The molecule has 0 saturated carbocycles. The minimum absolute atomic E-state index is 0.0992. The van der Waals surface area contributed by atoms with E-state index in [1.54, 1.807) is 24.3 Å². The highest BCUT2D eigenvalue weighted by atomic mass is 32.2. The van der Waals surface area contributed by atoms with E-state index >= 15 is 0 Å². The third-order valence-electron chi connectivity index (χ3n) is 4.02. The predicted octanol–water partition coefficient (Wildman–Crippen LogP) is 4.34. The van der Waals surface area contributed by atoms with Crippen LogP contribution in [0.2, 0.25) is 0 Å². The molecule has 3 aromatic rings. The first-order valence-corrected chi connectivity index (χ1v) is 10.8. The number of unbranched alkanes of at least 4 members (excludes halogenated alkanes) is 1. The molecule has 0 unspecified atom stereocenters. The van der Waals surface area contributed by atoms with Gasteiger partial charge in [0.25, 0.3) is 11.1 Å². The monoisotopic (exact) mass is 441 g/mol. The number of carbonyl (C=O) groups is 2. The number of hydrogen-bond donors (Lipinski definition) is 1. The third kappa shape index (κ3) is 7.45. The molecule has 0 aliphatic rings. The van der Waals surface area contributed by atoms with Gasteiger partial charge in [0, 0.05) is 5.69 Å². The van der Waals surface area contributed by atoms with E-state index in [0.717, 1.165) is 24.6 Å². The predicted molar refractivity (Wildman–Crippen MR) is 116 cm³/mol. The lowest BCUT2D eigenvalue weighted by Crippen LogP contribution is -2.14. The Morgan fingerprint density at radius 2 is 1.84 bits per heavy atom. The average molecular weight is 442 g/mol. The van der Waals surface area contributed by atoms with Gasteiger partial charge in [-0.2, -0.15) is 0 Å². The molecule has 1 amide bonds. The molecule has 1 heterocycles. The number of rotatable bonds is 11. The lowest BCUT2D eigenvalue weighted by atomic mass is 10.2. The molecule has 0 spiro atoms. The van der Waals surface area contributed by atoms with Crippen molar-refractivity contribution in [1.82, 2.24) is 10.2 Å². The van der Waals surface area contributed by atoms with Gasteiger partial charge in [-0.25, -0.2) is 4.79 Å². The maximum atomic E-state index is 12.2. The number of amides is 1. The molecule has 2 aromatic carbocycles. The molecule has 9 heteroatoms. The van der Waals surface area contributed by atoms with E-state index in [9.17, 15) is 9.59 Å². The van der Waals surface area contributed by atoms with Gasteiger partial charge in [-0.15, -0.1) is 10.2 Å². The Balaban J connectivity index is 1.41. The van der Waals surface area contributed by atoms with Crippen LogP contribution in [-0.4, -0.2) is 34.4 Å². The molecule has 0 bridgehead atoms. The van der Waals surface area contributed by atoms with Gasteiger partial charge in [0.1, 0.15) is 5.75 Å². The number of esters is 1. The van der Waals surface area contributed by atoms with Crippen LogP contribution < -0.4 is 10.1 Å². The third-order valence-corrected chi connectivity index (χ3v) is 4.83. The van der Waals surface area contributed by atoms with Crippen LogP contribution in [-0.2, 0) is 16.1 Å². The van der Waals surface area contributed by atoms with Gasteiger partial charge < -0.3 is 19.2 Å². The van der Waals surface area contributed by atoms with Crippen molar-refractivity contribution in [3.05, 3.63) is 66.1 Å². The second kappa shape index (κ2) is 11.8. The second-order valence-electron chi connectivity index (χ2n) is 6.47. The zero-order chi connectivity index (χ0) is 21.9. The Labute approximate surface area is 184 Å². The maximum absolute atomic E-state index is 12.2. The summed E-state index contributed by atoms with van der Waals surface area (Å²) in [6.07, 6.45) is 1.79. The molecule has 3 rings (SSSR count). The smallest absolute Gasteiger partial charge is 0.338 e. The summed E-state index contributed by atoms with van der Waals surface area (Å²) in [4.78, 5) is 24.1. The minimum Gasteiger partial charge on any atom is -0.484 e. The highest BCUT2D eigenvalue weighted by Gasteiger charge is 2.11. The molecule has 0 aliphatic heterocycles.